The minimum atomic E-state index is 0.649. The summed E-state index contributed by atoms with van der Waals surface area (Å²) in [6, 6.07) is 10.3. The summed E-state index contributed by atoms with van der Waals surface area (Å²) < 4.78 is 11.5. The Hall–Kier alpha value is -2.25. The average Bonchev–Trinajstić information content (AvgIpc) is 3.27. The number of methoxy groups -OCH3 is 1. The van der Waals surface area contributed by atoms with E-state index in [4.69, 9.17) is 9.47 Å². The molecule has 160 valence electrons. The molecule has 0 aliphatic carbocycles. The molecule has 1 aromatic carbocycles. The third kappa shape index (κ3) is 7.95. The Balaban J connectivity index is 1.81. The van der Waals surface area contributed by atoms with E-state index in [9.17, 15) is 0 Å². The summed E-state index contributed by atoms with van der Waals surface area (Å²) in [7, 11) is 3.46. The van der Waals surface area contributed by atoms with Gasteiger partial charge in [-0.3, -0.25) is 4.99 Å². The van der Waals surface area contributed by atoms with E-state index in [1.54, 1.807) is 25.5 Å². The minimum absolute atomic E-state index is 0.649. The van der Waals surface area contributed by atoms with Crippen LogP contribution in [0.4, 0.5) is 0 Å². The highest BCUT2D eigenvalue weighted by molar-refractivity contribution is 7.09. The lowest BCUT2D eigenvalue weighted by atomic mass is 10.2. The third-order valence-electron chi connectivity index (χ3n) is 4.72. The molecule has 0 saturated carbocycles. The molecular weight excluding hydrogens is 384 g/mol. The maximum atomic E-state index is 5.93. The van der Waals surface area contributed by atoms with Gasteiger partial charge < -0.3 is 25.0 Å². The van der Waals surface area contributed by atoms with Gasteiger partial charge in [-0.1, -0.05) is 26.0 Å². The van der Waals surface area contributed by atoms with Crippen LogP contribution in [-0.2, 0) is 13.0 Å². The van der Waals surface area contributed by atoms with Gasteiger partial charge in [0, 0.05) is 31.6 Å². The number of likely N-dealkylation sites (N-methyl/N-ethyl adjacent to an activating group) is 1. The summed E-state index contributed by atoms with van der Waals surface area (Å²) in [6.45, 7) is 9.46. The van der Waals surface area contributed by atoms with E-state index in [0.29, 0.717) is 13.2 Å². The number of benzene rings is 1. The molecule has 2 N–H and O–H groups in total. The molecule has 0 spiro atoms. The van der Waals surface area contributed by atoms with Crippen LogP contribution in [0.5, 0.6) is 11.5 Å². The normalized spacial score (nSPS) is 11.6. The van der Waals surface area contributed by atoms with E-state index >= 15 is 0 Å². The number of hydrogen-bond donors (Lipinski definition) is 2. The number of hydrogen-bond acceptors (Lipinski definition) is 5. The van der Waals surface area contributed by atoms with Crippen molar-refractivity contribution in [3.63, 3.8) is 0 Å². The molecule has 1 heterocycles. The predicted molar refractivity (Wildman–Crippen MR) is 123 cm³/mol. The molecule has 0 saturated heterocycles. The Bertz CT molecular complexity index is 730. The van der Waals surface area contributed by atoms with Crippen molar-refractivity contribution in [2.24, 2.45) is 4.99 Å². The molecule has 0 radical (unpaired) electrons. The van der Waals surface area contributed by atoms with Crippen LogP contribution in [0, 0.1) is 0 Å². The monoisotopic (exact) mass is 418 g/mol. The first kappa shape index (κ1) is 23.0. The van der Waals surface area contributed by atoms with Gasteiger partial charge in [-0.25, -0.2) is 0 Å². The Morgan fingerprint density at radius 1 is 1.14 bits per heavy atom. The van der Waals surface area contributed by atoms with E-state index in [0.717, 1.165) is 55.6 Å². The average molecular weight is 419 g/mol. The van der Waals surface area contributed by atoms with E-state index < -0.39 is 0 Å². The molecule has 0 fully saturated rings. The topological polar surface area (TPSA) is 58.1 Å². The zero-order chi connectivity index (χ0) is 20.9. The van der Waals surface area contributed by atoms with Crippen LogP contribution in [0.3, 0.4) is 0 Å². The third-order valence-corrected chi connectivity index (χ3v) is 5.65. The smallest absolute Gasteiger partial charge is 0.191 e. The van der Waals surface area contributed by atoms with Gasteiger partial charge in [0.1, 0.15) is 6.61 Å². The second-order valence-corrected chi connectivity index (χ2v) is 7.57. The van der Waals surface area contributed by atoms with Crippen LogP contribution in [0.1, 0.15) is 24.3 Å². The lowest BCUT2D eigenvalue weighted by Gasteiger charge is -2.19. The van der Waals surface area contributed by atoms with Crippen molar-refractivity contribution in [2.75, 3.05) is 46.9 Å². The van der Waals surface area contributed by atoms with Gasteiger partial charge in [0.05, 0.1) is 7.11 Å². The standard InChI is InChI=1S/C22H34N4O2S/c1-5-26(6-2)13-14-28-20-10-9-18(16-21(20)27-4)17-25-22(23-3)24-12-11-19-8-7-15-29-19/h7-10,15-16H,5-6,11-14,17H2,1-4H3,(H2,23,24,25). The second kappa shape index (κ2) is 13.1. The first-order valence-corrected chi connectivity index (χ1v) is 11.1. The van der Waals surface area contributed by atoms with Gasteiger partial charge in [0.15, 0.2) is 17.5 Å². The minimum Gasteiger partial charge on any atom is -0.493 e. The number of nitrogens with zero attached hydrogens (tertiary/aromatic N) is 2. The summed E-state index contributed by atoms with van der Waals surface area (Å²) in [6.07, 6.45) is 0.992. The number of nitrogens with one attached hydrogen (secondary N) is 2. The largest absolute Gasteiger partial charge is 0.493 e. The Morgan fingerprint density at radius 2 is 1.97 bits per heavy atom. The van der Waals surface area contributed by atoms with Crippen molar-refractivity contribution >= 4 is 17.3 Å². The van der Waals surface area contributed by atoms with Gasteiger partial charge in [-0.2, -0.15) is 0 Å². The van der Waals surface area contributed by atoms with Crippen LogP contribution in [0.25, 0.3) is 0 Å². The van der Waals surface area contributed by atoms with E-state index in [-0.39, 0.29) is 0 Å². The summed E-state index contributed by atoms with van der Waals surface area (Å²) in [4.78, 5) is 8.00. The number of rotatable bonds is 12. The molecule has 29 heavy (non-hydrogen) atoms. The predicted octanol–water partition coefficient (Wildman–Crippen LogP) is 3.39. The molecule has 7 heteroatoms. The lowest BCUT2D eigenvalue weighted by Crippen LogP contribution is -2.37. The van der Waals surface area contributed by atoms with Gasteiger partial charge in [-0.15, -0.1) is 11.3 Å². The van der Waals surface area contributed by atoms with Gasteiger partial charge in [0.2, 0.25) is 0 Å². The fraction of sp³-hybridized carbons (Fsp3) is 0.500. The Morgan fingerprint density at radius 3 is 2.62 bits per heavy atom. The number of aliphatic imine (C=N–C) groups is 1. The molecule has 1 aromatic heterocycles. The highest BCUT2D eigenvalue weighted by atomic mass is 32.1. The van der Waals surface area contributed by atoms with Gasteiger partial charge >= 0.3 is 0 Å². The molecule has 2 aromatic rings. The summed E-state index contributed by atoms with van der Waals surface area (Å²) >= 11 is 1.78. The van der Waals surface area contributed by atoms with Crippen LogP contribution < -0.4 is 20.1 Å². The van der Waals surface area contributed by atoms with Crippen molar-refractivity contribution < 1.29 is 9.47 Å². The fourth-order valence-electron chi connectivity index (χ4n) is 2.93. The van der Waals surface area contributed by atoms with Crippen LogP contribution in [0.2, 0.25) is 0 Å². The second-order valence-electron chi connectivity index (χ2n) is 6.54. The number of ether oxygens (including phenoxy) is 2. The summed E-state index contributed by atoms with van der Waals surface area (Å²) in [5.74, 6) is 2.33. The highest BCUT2D eigenvalue weighted by Gasteiger charge is 2.08. The molecule has 2 rings (SSSR count). The molecule has 0 aliphatic heterocycles. The van der Waals surface area contributed by atoms with Crippen molar-refractivity contribution in [1.29, 1.82) is 0 Å². The van der Waals surface area contributed by atoms with Crippen molar-refractivity contribution in [3.8, 4) is 11.5 Å². The maximum absolute atomic E-state index is 5.93. The summed E-state index contributed by atoms with van der Waals surface area (Å²) in [5, 5.41) is 8.81. The molecule has 0 aliphatic rings. The Kier molecular flexibility index (Phi) is 10.4. The summed E-state index contributed by atoms with van der Waals surface area (Å²) in [5.41, 5.74) is 1.11. The van der Waals surface area contributed by atoms with E-state index in [1.807, 2.05) is 12.1 Å². The molecule has 0 unspecified atom stereocenters. The van der Waals surface area contributed by atoms with E-state index in [1.165, 1.54) is 4.88 Å². The molecule has 0 atom stereocenters. The van der Waals surface area contributed by atoms with Crippen molar-refractivity contribution in [3.05, 3.63) is 46.2 Å². The number of guanidine groups is 1. The zero-order valence-corrected chi connectivity index (χ0v) is 18.8. The van der Waals surface area contributed by atoms with Crippen molar-refractivity contribution in [1.82, 2.24) is 15.5 Å². The SMILES string of the molecule is CCN(CC)CCOc1ccc(CNC(=NC)NCCc2cccs2)cc1OC. The fourth-order valence-corrected chi connectivity index (χ4v) is 3.64. The quantitative estimate of drug-likeness (QED) is 0.409. The zero-order valence-electron chi connectivity index (χ0n) is 18.0. The molecule has 6 nitrogen and oxygen atoms in total. The Labute approximate surface area is 178 Å². The number of thiophene rings is 1. The van der Waals surface area contributed by atoms with Gasteiger partial charge in [-0.05, 0) is 48.7 Å². The molecule has 0 amide bonds. The lowest BCUT2D eigenvalue weighted by molar-refractivity contribution is 0.217. The molecule has 0 bridgehead atoms. The first-order valence-electron chi connectivity index (χ1n) is 10.2. The first-order chi connectivity index (χ1) is 14.2. The van der Waals surface area contributed by atoms with E-state index in [2.05, 4.69) is 58.0 Å². The highest BCUT2D eigenvalue weighted by Crippen LogP contribution is 2.28. The van der Waals surface area contributed by atoms with Crippen molar-refractivity contribution in [2.45, 2.75) is 26.8 Å². The molecular formula is C22H34N4O2S. The van der Waals surface area contributed by atoms with Crippen LogP contribution in [0.15, 0.2) is 40.7 Å². The van der Waals surface area contributed by atoms with Gasteiger partial charge in [0.25, 0.3) is 0 Å². The maximum Gasteiger partial charge on any atom is 0.191 e. The van der Waals surface area contributed by atoms with Crippen LogP contribution in [-0.4, -0.2) is 57.8 Å². The van der Waals surface area contributed by atoms with Crippen LogP contribution >= 0.6 is 11.3 Å².